The van der Waals surface area contributed by atoms with Gasteiger partial charge in [-0.25, -0.2) is 4.98 Å². The van der Waals surface area contributed by atoms with E-state index in [9.17, 15) is 13.2 Å². The van der Waals surface area contributed by atoms with Gasteiger partial charge in [-0.15, -0.1) is 11.3 Å². The van der Waals surface area contributed by atoms with Crippen molar-refractivity contribution in [1.29, 1.82) is 0 Å². The van der Waals surface area contributed by atoms with Gasteiger partial charge in [-0.1, -0.05) is 0 Å². The van der Waals surface area contributed by atoms with Crippen LogP contribution in [0.5, 0.6) is 0 Å². The van der Waals surface area contributed by atoms with Crippen LogP contribution in [0, 0.1) is 0 Å². The fraction of sp³-hybridized carbons (Fsp3) is 0.200. The number of halogens is 5. The molecule has 2 rings (SSSR count). The molecule has 9 heteroatoms. The summed E-state index contributed by atoms with van der Waals surface area (Å²) in [5.74, 6) is 0. The minimum absolute atomic E-state index is 0.308. The normalized spacial score (nSPS) is 13.6. The molecular weight excluding hydrogens is 411 g/mol. The SMILES string of the molecule is NC(c1cnc(C(F)(F)F)s1)c1ncc(Br)cc1Br. The summed E-state index contributed by atoms with van der Waals surface area (Å²) in [4.78, 5) is 7.76. The maximum absolute atomic E-state index is 12.5. The van der Waals surface area contributed by atoms with E-state index in [0.29, 0.717) is 26.4 Å². The van der Waals surface area contributed by atoms with Gasteiger partial charge in [0.1, 0.15) is 0 Å². The average Bonchev–Trinajstić information content (AvgIpc) is 2.76. The summed E-state index contributed by atoms with van der Waals surface area (Å²) >= 11 is 7.04. The van der Waals surface area contributed by atoms with Gasteiger partial charge in [0, 0.05) is 26.2 Å². The molecule has 1 unspecified atom stereocenters. The molecule has 0 aromatic carbocycles. The van der Waals surface area contributed by atoms with E-state index in [2.05, 4.69) is 41.8 Å². The highest BCUT2D eigenvalue weighted by molar-refractivity contribution is 9.11. The molecule has 2 N–H and O–H groups in total. The van der Waals surface area contributed by atoms with Crippen molar-refractivity contribution in [2.24, 2.45) is 5.73 Å². The lowest BCUT2D eigenvalue weighted by Crippen LogP contribution is -2.12. The molecule has 1 atom stereocenters. The first kappa shape index (κ1) is 14.9. The summed E-state index contributed by atoms with van der Waals surface area (Å²) in [6.07, 6.45) is -1.78. The predicted octanol–water partition coefficient (Wildman–Crippen LogP) is 4.13. The molecule has 0 spiro atoms. The van der Waals surface area contributed by atoms with Crippen molar-refractivity contribution < 1.29 is 13.2 Å². The van der Waals surface area contributed by atoms with E-state index in [0.717, 1.165) is 10.7 Å². The standard InChI is InChI=1S/C10H6Br2F3N3S/c11-4-1-5(12)8(17-2-4)7(16)6-3-18-9(19-6)10(13,14)15/h1-3,7H,16H2. The van der Waals surface area contributed by atoms with Crippen LogP contribution in [0.4, 0.5) is 13.2 Å². The Morgan fingerprint density at radius 2 is 1.89 bits per heavy atom. The largest absolute Gasteiger partial charge is 0.443 e. The smallest absolute Gasteiger partial charge is 0.318 e. The zero-order chi connectivity index (χ0) is 14.2. The van der Waals surface area contributed by atoms with Crippen LogP contribution in [0.2, 0.25) is 0 Å². The third kappa shape index (κ3) is 3.33. The first-order valence-electron chi connectivity index (χ1n) is 4.88. The Labute approximate surface area is 127 Å². The molecule has 19 heavy (non-hydrogen) atoms. The van der Waals surface area contributed by atoms with Crippen LogP contribution in [0.3, 0.4) is 0 Å². The van der Waals surface area contributed by atoms with Crippen molar-refractivity contribution in [2.75, 3.05) is 0 Å². The Hall–Kier alpha value is -0.510. The quantitative estimate of drug-likeness (QED) is 0.800. The highest BCUT2D eigenvalue weighted by atomic mass is 79.9. The third-order valence-corrected chi connectivity index (χ3v) is 4.40. The maximum Gasteiger partial charge on any atom is 0.443 e. The topological polar surface area (TPSA) is 51.8 Å². The number of thiazole rings is 1. The molecule has 0 aliphatic carbocycles. The minimum atomic E-state index is -4.45. The van der Waals surface area contributed by atoms with Gasteiger partial charge >= 0.3 is 6.18 Å². The molecule has 0 amide bonds. The van der Waals surface area contributed by atoms with Gasteiger partial charge in [0.25, 0.3) is 0 Å². The summed E-state index contributed by atoms with van der Waals surface area (Å²) in [6.45, 7) is 0. The van der Waals surface area contributed by atoms with Gasteiger partial charge < -0.3 is 5.73 Å². The lowest BCUT2D eigenvalue weighted by molar-refractivity contribution is -0.137. The van der Waals surface area contributed by atoms with Gasteiger partial charge in [0.05, 0.1) is 11.7 Å². The van der Waals surface area contributed by atoms with Crippen LogP contribution in [0.25, 0.3) is 0 Å². The molecule has 0 saturated heterocycles. The van der Waals surface area contributed by atoms with Crippen molar-refractivity contribution in [3.63, 3.8) is 0 Å². The lowest BCUT2D eigenvalue weighted by Gasteiger charge is -2.10. The Bertz CT molecular complexity index is 600. The van der Waals surface area contributed by atoms with E-state index in [4.69, 9.17) is 5.73 Å². The number of nitrogens with two attached hydrogens (primary N) is 1. The highest BCUT2D eigenvalue weighted by Gasteiger charge is 2.35. The zero-order valence-electron chi connectivity index (χ0n) is 9.08. The number of pyridine rings is 1. The van der Waals surface area contributed by atoms with Crippen molar-refractivity contribution in [3.05, 3.63) is 43.0 Å². The van der Waals surface area contributed by atoms with Crippen LogP contribution in [0.1, 0.15) is 21.6 Å². The molecule has 0 radical (unpaired) electrons. The number of nitrogens with zero attached hydrogens (tertiary/aromatic N) is 2. The molecule has 102 valence electrons. The Morgan fingerprint density at radius 1 is 1.21 bits per heavy atom. The molecule has 0 fully saturated rings. The zero-order valence-corrected chi connectivity index (χ0v) is 13.1. The minimum Gasteiger partial charge on any atom is -0.318 e. The number of hydrogen-bond acceptors (Lipinski definition) is 4. The van der Waals surface area contributed by atoms with Crippen LogP contribution >= 0.6 is 43.2 Å². The Balaban J connectivity index is 2.34. The molecule has 2 aromatic heterocycles. The lowest BCUT2D eigenvalue weighted by atomic mass is 10.2. The van der Waals surface area contributed by atoms with Crippen molar-refractivity contribution >= 4 is 43.2 Å². The van der Waals surface area contributed by atoms with Crippen LogP contribution in [-0.2, 0) is 6.18 Å². The molecule has 0 aliphatic heterocycles. The second-order valence-electron chi connectivity index (χ2n) is 3.56. The fourth-order valence-electron chi connectivity index (χ4n) is 1.35. The average molecular weight is 417 g/mol. The molecule has 0 saturated carbocycles. The second kappa shape index (κ2) is 5.47. The predicted molar refractivity (Wildman–Crippen MR) is 72.8 cm³/mol. The van der Waals surface area contributed by atoms with Crippen LogP contribution < -0.4 is 5.73 Å². The Morgan fingerprint density at radius 3 is 2.42 bits per heavy atom. The monoisotopic (exact) mass is 415 g/mol. The van der Waals surface area contributed by atoms with E-state index in [-0.39, 0.29) is 0 Å². The molecule has 2 aromatic rings. The molecule has 3 nitrogen and oxygen atoms in total. The van der Waals surface area contributed by atoms with Crippen molar-refractivity contribution in [2.45, 2.75) is 12.2 Å². The summed E-state index contributed by atoms with van der Waals surface area (Å²) in [7, 11) is 0. The molecule has 2 heterocycles. The Kier molecular flexibility index (Phi) is 4.29. The fourth-order valence-corrected chi connectivity index (χ4v) is 3.37. The van der Waals surface area contributed by atoms with Gasteiger partial charge in [0.2, 0.25) is 0 Å². The second-order valence-corrected chi connectivity index (χ2v) is 6.40. The first-order valence-corrected chi connectivity index (χ1v) is 7.28. The summed E-state index contributed by atoms with van der Waals surface area (Å²) in [5, 5.41) is -0.911. The van der Waals surface area contributed by atoms with Crippen LogP contribution in [0.15, 0.2) is 27.4 Å². The van der Waals surface area contributed by atoms with Gasteiger partial charge in [-0.3, -0.25) is 4.98 Å². The van der Waals surface area contributed by atoms with Gasteiger partial charge in [0.15, 0.2) is 5.01 Å². The molecule has 0 bridgehead atoms. The van der Waals surface area contributed by atoms with Crippen molar-refractivity contribution in [3.8, 4) is 0 Å². The van der Waals surface area contributed by atoms with E-state index in [1.165, 1.54) is 6.20 Å². The summed E-state index contributed by atoms with van der Waals surface area (Å²) in [6, 6.07) is 0.976. The van der Waals surface area contributed by atoms with Gasteiger partial charge in [-0.2, -0.15) is 13.2 Å². The van der Waals surface area contributed by atoms with E-state index < -0.39 is 17.2 Å². The number of alkyl halides is 3. The maximum atomic E-state index is 12.5. The van der Waals surface area contributed by atoms with E-state index in [1.807, 2.05) is 0 Å². The van der Waals surface area contributed by atoms with Gasteiger partial charge in [-0.05, 0) is 37.9 Å². The molecule has 0 aliphatic rings. The number of aromatic nitrogens is 2. The van der Waals surface area contributed by atoms with E-state index in [1.54, 1.807) is 6.07 Å². The molecular formula is C10H6Br2F3N3S. The number of hydrogen-bond donors (Lipinski definition) is 1. The van der Waals surface area contributed by atoms with Crippen LogP contribution in [-0.4, -0.2) is 9.97 Å². The number of rotatable bonds is 2. The summed E-state index contributed by atoms with van der Waals surface area (Å²) < 4.78 is 38.8. The summed E-state index contributed by atoms with van der Waals surface area (Å²) in [5.41, 5.74) is 6.38. The van der Waals surface area contributed by atoms with E-state index >= 15 is 0 Å². The first-order chi connectivity index (χ1) is 8.79. The van der Waals surface area contributed by atoms with Crippen molar-refractivity contribution in [1.82, 2.24) is 9.97 Å². The third-order valence-electron chi connectivity index (χ3n) is 2.20. The highest BCUT2D eigenvalue weighted by Crippen LogP contribution is 2.36.